The maximum atomic E-state index is 12.9. The van der Waals surface area contributed by atoms with Crippen molar-refractivity contribution < 1.29 is 14.0 Å². The molecule has 1 aliphatic rings. The van der Waals surface area contributed by atoms with Crippen LogP contribution in [0.3, 0.4) is 0 Å². The molecule has 1 aromatic carbocycles. The minimum absolute atomic E-state index is 0.0929. The van der Waals surface area contributed by atoms with E-state index in [4.69, 9.17) is 10.5 Å². The van der Waals surface area contributed by atoms with E-state index in [9.17, 15) is 14.0 Å². The molecule has 1 aromatic rings. The Hall–Kier alpha value is -2.93. The Bertz CT molecular complexity index is 674. The number of halogens is 1. The van der Waals surface area contributed by atoms with E-state index in [1.165, 1.54) is 17.0 Å². The lowest BCUT2D eigenvalue weighted by atomic mass is 10.1. The van der Waals surface area contributed by atoms with Gasteiger partial charge >= 0.3 is 0 Å². The normalized spacial score (nSPS) is 16.5. The highest BCUT2D eigenvalue weighted by Crippen LogP contribution is 2.20. The lowest BCUT2D eigenvalue weighted by Crippen LogP contribution is -2.38. The third-order valence-corrected chi connectivity index (χ3v) is 3.98. The molecule has 0 N–H and O–H groups in total. The standard InChI is InChI=1S/C17H17FN4O2/c18-15-3-1-13(2-4-15)5-8-22-12-14(11-16(22)23)17(24)21(9-6-19)10-7-20/h1-4,14H,5,8-12H2. The maximum Gasteiger partial charge on any atom is 0.229 e. The van der Waals surface area contributed by atoms with Gasteiger partial charge in [-0.05, 0) is 24.1 Å². The highest BCUT2D eigenvalue weighted by molar-refractivity contribution is 5.89. The van der Waals surface area contributed by atoms with Crippen LogP contribution in [-0.2, 0) is 16.0 Å². The molecule has 1 atom stereocenters. The molecule has 1 aliphatic heterocycles. The van der Waals surface area contributed by atoms with Gasteiger partial charge in [0.05, 0.1) is 18.1 Å². The molecule has 0 spiro atoms. The molecule has 2 amide bonds. The average molecular weight is 328 g/mol. The van der Waals surface area contributed by atoms with Gasteiger partial charge in [-0.25, -0.2) is 4.39 Å². The summed E-state index contributed by atoms with van der Waals surface area (Å²) in [6.45, 7) is 0.413. The second-order valence-electron chi connectivity index (χ2n) is 5.63. The number of rotatable bonds is 6. The first-order valence-electron chi connectivity index (χ1n) is 7.60. The molecule has 2 rings (SSSR count). The highest BCUT2D eigenvalue weighted by atomic mass is 19.1. The summed E-state index contributed by atoms with van der Waals surface area (Å²) >= 11 is 0. The molecule has 24 heavy (non-hydrogen) atoms. The van der Waals surface area contributed by atoms with E-state index in [1.807, 2.05) is 12.1 Å². The van der Waals surface area contributed by atoms with Crippen molar-refractivity contribution in [3.63, 3.8) is 0 Å². The maximum absolute atomic E-state index is 12.9. The molecular formula is C17H17FN4O2. The van der Waals surface area contributed by atoms with Gasteiger partial charge in [-0.15, -0.1) is 0 Å². The van der Waals surface area contributed by atoms with E-state index in [-0.39, 0.29) is 43.7 Å². The van der Waals surface area contributed by atoms with Gasteiger partial charge < -0.3 is 9.80 Å². The number of carbonyl (C=O) groups is 2. The van der Waals surface area contributed by atoms with Gasteiger partial charge in [-0.1, -0.05) is 12.1 Å². The smallest absolute Gasteiger partial charge is 0.229 e. The van der Waals surface area contributed by atoms with E-state index in [2.05, 4.69) is 0 Å². The van der Waals surface area contributed by atoms with E-state index in [1.54, 1.807) is 17.0 Å². The number of amides is 2. The van der Waals surface area contributed by atoms with Crippen LogP contribution >= 0.6 is 0 Å². The van der Waals surface area contributed by atoms with E-state index in [0.29, 0.717) is 13.0 Å². The first-order chi connectivity index (χ1) is 11.5. The summed E-state index contributed by atoms with van der Waals surface area (Å²) in [6.07, 6.45) is 0.669. The lowest BCUT2D eigenvalue weighted by molar-refractivity contribution is -0.134. The number of nitrogens with zero attached hydrogens (tertiary/aromatic N) is 4. The minimum atomic E-state index is -0.521. The van der Waals surface area contributed by atoms with Crippen LogP contribution in [-0.4, -0.2) is 47.8 Å². The first-order valence-corrected chi connectivity index (χ1v) is 7.60. The Balaban J connectivity index is 1.92. The molecule has 7 heteroatoms. The first kappa shape index (κ1) is 17.4. The quantitative estimate of drug-likeness (QED) is 0.731. The van der Waals surface area contributed by atoms with Crippen LogP contribution < -0.4 is 0 Å². The van der Waals surface area contributed by atoms with Crippen molar-refractivity contribution in [1.82, 2.24) is 9.80 Å². The molecular weight excluding hydrogens is 311 g/mol. The molecule has 124 valence electrons. The number of benzene rings is 1. The molecule has 0 radical (unpaired) electrons. The summed E-state index contributed by atoms with van der Waals surface area (Å²) in [5.74, 6) is -1.29. The molecule has 0 aliphatic carbocycles. The van der Waals surface area contributed by atoms with Crippen LogP contribution in [0, 0.1) is 34.4 Å². The van der Waals surface area contributed by atoms with Crippen LogP contribution in [0.4, 0.5) is 4.39 Å². The van der Waals surface area contributed by atoms with Crippen LogP contribution in [0.1, 0.15) is 12.0 Å². The largest absolute Gasteiger partial charge is 0.342 e. The van der Waals surface area contributed by atoms with Gasteiger partial charge in [0.2, 0.25) is 11.8 Å². The summed E-state index contributed by atoms with van der Waals surface area (Å²) in [5.41, 5.74) is 0.912. The average Bonchev–Trinajstić information content (AvgIpc) is 2.94. The summed E-state index contributed by atoms with van der Waals surface area (Å²) < 4.78 is 12.9. The van der Waals surface area contributed by atoms with Crippen LogP contribution in [0.15, 0.2) is 24.3 Å². The van der Waals surface area contributed by atoms with Crippen molar-refractivity contribution >= 4 is 11.8 Å². The fourth-order valence-corrected chi connectivity index (χ4v) is 2.71. The Morgan fingerprint density at radius 2 is 1.88 bits per heavy atom. The van der Waals surface area contributed by atoms with Crippen molar-refractivity contribution in [3.8, 4) is 12.1 Å². The number of likely N-dealkylation sites (tertiary alicyclic amines) is 1. The van der Waals surface area contributed by atoms with Gasteiger partial charge in [0.1, 0.15) is 18.9 Å². The molecule has 6 nitrogen and oxygen atoms in total. The Morgan fingerprint density at radius 1 is 1.25 bits per heavy atom. The number of hydrogen-bond donors (Lipinski definition) is 0. The fourth-order valence-electron chi connectivity index (χ4n) is 2.71. The SMILES string of the molecule is N#CCN(CC#N)C(=O)C1CC(=O)N(CCc2ccc(F)cc2)C1. The Kier molecular flexibility index (Phi) is 5.86. The van der Waals surface area contributed by atoms with Crippen LogP contribution in [0.5, 0.6) is 0 Å². The lowest BCUT2D eigenvalue weighted by Gasteiger charge is -2.20. The Labute approximate surface area is 139 Å². The van der Waals surface area contributed by atoms with Crippen LogP contribution in [0.2, 0.25) is 0 Å². The Morgan fingerprint density at radius 3 is 2.46 bits per heavy atom. The van der Waals surface area contributed by atoms with E-state index >= 15 is 0 Å². The third-order valence-electron chi connectivity index (χ3n) is 3.98. The van der Waals surface area contributed by atoms with E-state index in [0.717, 1.165) is 5.56 Å². The number of nitriles is 2. The van der Waals surface area contributed by atoms with Crippen molar-refractivity contribution in [2.24, 2.45) is 5.92 Å². The molecule has 1 unspecified atom stereocenters. The summed E-state index contributed by atoms with van der Waals surface area (Å²) in [7, 11) is 0. The summed E-state index contributed by atoms with van der Waals surface area (Å²) in [6, 6.07) is 9.78. The molecule has 1 heterocycles. The topological polar surface area (TPSA) is 88.2 Å². The monoisotopic (exact) mass is 328 g/mol. The van der Waals surface area contributed by atoms with Crippen molar-refractivity contribution in [1.29, 1.82) is 10.5 Å². The molecule has 1 fully saturated rings. The zero-order chi connectivity index (χ0) is 17.5. The van der Waals surface area contributed by atoms with Crippen molar-refractivity contribution in [3.05, 3.63) is 35.6 Å². The second-order valence-corrected chi connectivity index (χ2v) is 5.63. The summed E-state index contributed by atoms with van der Waals surface area (Å²) in [5, 5.41) is 17.5. The summed E-state index contributed by atoms with van der Waals surface area (Å²) in [4.78, 5) is 27.2. The molecule has 0 bridgehead atoms. The van der Waals surface area contributed by atoms with Gasteiger partial charge in [0.15, 0.2) is 0 Å². The molecule has 0 saturated carbocycles. The van der Waals surface area contributed by atoms with Gasteiger partial charge in [-0.3, -0.25) is 9.59 Å². The predicted molar refractivity (Wildman–Crippen MR) is 82.6 cm³/mol. The fraction of sp³-hybridized carbons (Fsp3) is 0.412. The zero-order valence-electron chi connectivity index (χ0n) is 13.1. The van der Waals surface area contributed by atoms with Crippen molar-refractivity contribution in [2.45, 2.75) is 12.8 Å². The van der Waals surface area contributed by atoms with Crippen LogP contribution in [0.25, 0.3) is 0 Å². The third kappa shape index (κ3) is 4.30. The van der Waals surface area contributed by atoms with Gasteiger partial charge in [0.25, 0.3) is 0 Å². The number of carbonyl (C=O) groups excluding carboxylic acids is 2. The zero-order valence-corrected chi connectivity index (χ0v) is 13.1. The van der Waals surface area contributed by atoms with Crippen molar-refractivity contribution in [2.75, 3.05) is 26.2 Å². The second kappa shape index (κ2) is 8.07. The van der Waals surface area contributed by atoms with Gasteiger partial charge in [-0.2, -0.15) is 10.5 Å². The van der Waals surface area contributed by atoms with Gasteiger partial charge in [0, 0.05) is 19.5 Å². The highest BCUT2D eigenvalue weighted by Gasteiger charge is 2.36. The molecule has 0 aromatic heterocycles. The predicted octanol–water partition coefficient (Wildman–Crippen LogP) is 1.09. The molecule has 1 saturated heterocycles. The number of hydrogen-bond acceptors (Lipinski definition) is 4. The minimum Gasteiger partial charge on any atom is -0.342 e. The van der Waals surface area contributed by atoms with E-state index < -0.39 is 5.92 Å².